The van der Waals surface area contributed by atoms with Gasteiger partial charge in [-0.1, -0.05) is 46.9 Å². The number of thiophene rings is 1. The largest absolute Gasteiger partial charge is 0.313 e. The number of halogens is 4. The highest BCUT2D eigenvalue weighted by Gasteiger charge is 2.18. The highest BCUT2D eigenvalue weighted by Crippen LogP contribution is 2.36. The second-order valence-electron chi connectivity index (χ2n) is 4.04. The van der Waals surface area contributed by atoms with Gasteiger partial charge in [-0.3, -0.25) is 0 Å². The maximum Gasteiger partial charge on any atom is 0.145 e. The lowest BCUT2D eigenvalue weighted by molar-refractivity contribution is 0.556. The van der Waals surface area contributed by atoms with Crippen molar-refractivity contribution in [1.82, 2.24) is 5.32 Å². The Morgan fingerprint density at radius 1 is 1.32 bits per heavy atom. The molecule has 0 radical (unpaired) electrons. The molecule has 102 valence electrons. The van der Waals surface area contributed by atoms with Crippen molar-refractivity contribution in [2.24, 2.45) is 0 Å². The molecule has 0 aliphatic rings. The van der Waals surface area contributed by atoms with E-state index in [1.807, 2.05) is 0 Å². The van der Waals surface area contributed by atoms with E-state index in [-0.39, 0.29) is 16.9 Å². The van der Waals surface area contributed by atoms with Crippen LogP contribution in [0, 0.1) is 5.82 Å². The van der Waals surface area contributed by atoms with E-state index in [4.69, 9.17) is 34.8 Å². The molecule has 1 N–H and O–H groups in total. The Bertz CT molecular complexity index is 585. The van der Waals surface area contributed by atoms with Crippen LogP contribution in [0.1, 0.15) is 17.2 Å². The Morgan fingerprint density at radius 2 is 2.05 bits per heavy atom. The van der Waals surface area contributed by atoms with Crippen molar-refractivity contribution in [1.29, 1.82) is 0 Å². The monoisotopic (exact) mass is 337 g/mol. The number of nitrogens with one attached hydrogen (secondary N) is 1. The van der Waals surface area contributed by atoms with E-state index in [9.17, 15) is 4.39 Å². The fourth-order valence-electron chi connectivity index (χ4n) is 1.88. The van der Waals surface area contributed by atoms with Gasteiger partial charge in [0.15, 0.2) is 0 Å². The maximum atomic E-state index is 13.9. The van der Waals surface area contributed by atoms with Crippen LogP contribution in [0.25, 0.3) is 0 Å². The van der Waals surface area contributed by atoms with Crippen LogP contribution in [0.15, 0.2) is 24.3 Å². The molecule has 0 aliphatic carbocycles. The normalized spacial score (nSPS) is 12.7. The molecule has 1 heterocycles. The van der Waals surface area contributed by atoms with Crippen molar-refractivity contribution in [2.45, 2.75) is 12.5 Å². The van der Waals surface area contributed by atoms with Gasteiger partial charge in [0, 0.05) is 11.6 Å². The molecular formula is C13H11Cl3FNS. The summed E-state index contributed by atoms with van der Waals surface area (Å²) in [7, 11) is 1.80. The lowest BCUT2D eigenvalue weighted by Crippen LogP contribution is -2.19. The molecule has 2 aromatic rings. The first kappa shape index (κ1) is 15.1. The standard InChI is InChI=1S/C13H11Cl3FNS/c1-18-10(8-6-11(15)19-13(8)16)5-7-3-2-4-9(14)12(7)17/h2-4,6,10,18H,5H2,1H3. The summed E-state index contributed by atoms with van der Waals surface area (Å²) in [6, 6.07) is 6.68. The number of hydrogen-bond acceptors (Lipinski definition) is 2. The van der Waals surface area contributed by atoms with E-state index in [1.165, 1.54) is 17.4 Å². The Balaban J connectivity index is 2.29. The first-order valence-electron chi connectivity index (χ1n) is 5.57. The third kappa shape index (κ3) is 3.41. The SMILES string of the molecule is CNC(Cc1cccc(Cl)c1F)c1cc(Cl)sc1Cl. The Morgan fingerprint density at radius 3 is 2.63 bits per heavy atom. The van der Waals surface area contributed by atoms with Crippen LogP contribution in [-0.2, 0) is 6.42 Å². The molecule has 1 nitrogen and oxygen atoms in total. The Kier molecular flexibility index (Phi) is 5.09. The van der Waals surface area contributed by atoms with Crippen molar-refractivity contribution in [2.75, 3.05) is 7.05 Å². The molecule has 6 heteroatoms. The van der Waals surface area contributed by atoms with Crippen LogP contribution in [0.5, 0.6) is 0 Å². The third-order valence-electron chi connectivity index (χ3n) is 2.86. The molecule has 0 aliphatic heterocycles. The molecule has 0 amide bonds. The summed E-state index contributed by atoms with van der Waals surface area (Å²) in [5.74, 6) is -0.387. The van der Waals surface area contributed by atoms with Crippen molar-refractivity contribution in [3.63, 3.8) is 0 Å². The van der Waals surface area contributed by atoms with Gasteiger partial charge in [-0.15, -0.1) is 11.3 Å². The van der Waals surface area contributed by atoms with Crippen LogP contribution in [0.4, 0.5) is 4.39 Å². The quantitative estimate of drug-likeness (QED) is 0.792. The molecule has 0 saturated carbocycles. The van der Waals surface area contributed by atoms with Crippen LogP contribution in [-0.4, -0.2) is 7.05 Å². The summed E-state index contributed by atoms with van der Waals surface area (Å²) >= 11 is 19.2. The molecule has 1 unspecified atom stereocenters. The molecule has 0 fully saturated rings. The Hall–Kier alpha value is -0.320. The highest BCUT2D eigenvalue weighted by atomic mass is 35.5. The van der Waals surface area contributed by atoms with Crippen molar-refractivity contribution in [3.8, 4) is 0 Å². The predicted octanol–water partition coefficient (Wildman–Crippen LogP) is 5.35. The first-order chi connectivity index (χ1) is 9.02. The summed E-state index contributed by atoms with van der Waals surface area (Å²) in [4.78, 5) is 0. The lowest BCUT2D eigenvalue weighted by atomic mass is 10.0. The molecule has 1 atom stereocenters. The minimum Gasteiger partial charge on any atom is -0.313 e. The van der Waals surface area contributed by atoms with E-state index >= 15 is 0 Å². The van der Waals surface area contributed by atoms with E-state index in [2.05, 4.69) is 5.32 Å². The average molecular weight is 339 g/mol. The summed E-state index contributed by atoms with van der Waals surface area (Å²) in [6.07, 6.45) is 0.454. The molecule has 0 bridgehead atoms. The molecular weight excluding hydrogens is 328 g/mol. The predicted molar refractivity (Wildman–Crippen MR) is 81.3 cm³/mol. The maximum absolute atomic E-state index is 13.9. The van der Waals surface area contributed by atoms with Gasteiger partial charge >= 0.3 is 0 Å². The summed E-state index contributed by atoms with van der Waals surface area (Å²) in [6.45, 7) is 0. The minimum atomic E-state index is -0.387. The second kappa shape index (κ2) is 6.42. The fraction of sp³-hybridized carbons (Fsp3) is 0.231. The van der Waals surface area contributed by atoms with Crippen LogP contribution in [0.2, 0.25) is 13.7 Å². The van der Waals surface area contributed by atoms with E-state index in [0.717, 1.165) is 5.56 Å². The summed E-state index contributed by atoms with van der Waals surface area (Å²) in [5, 5.41) is 3.25. The van der Waals surface area contributed by atoms with Gasteiger partial charge in [0.05, 0.1) is 13.7 Å². The van der Waals surface area contributed by atoms with Crippen LogP contribution >= 0.6 is 46.1 Å². The van der Waals surface area contributed by atoms with E-state index < -0.39 is 0 Å². The van der Waals surface area contributed by atoms with Gasteiger partial charge in [0.2, 0.25) is 0 Å². The fourth-order valence-corrected chi connectivity index (χ4v) is 3.66. The topological polar surface area (TPSA) is 12.0 Å². The van der Waals surface area contributed by atoms with Gasteiger partial charge in [-0.25, -0.2) is 4.39 Å². The lowest BCUT2D eigenvalue weighted by Gasteiger charge is -2.16. The second-order valence-corrected chi connectivity index (χ2v) is 6.73. The average Bonchev–Trinajstić information content (AvgIpc) is 2.70. The third-order valence-corrected chi connectivity index (χ3v) is 4.67. The summed E-state index contributed by atoms with van der Waals surface area (Å²) < 4.78 is 15.1. The minimum absolute atomic E-state index is 0.107. The number of benzene rings is 1. The zero-order valence-electron chi connectivity index (χ0n) is 10.0. The zero-order chi connectivity index (χ0) is 14.0. The molecule has 2 rings (SSSR count). The molecule has 0 saturated heterocycles. The van der Waals surface area contributed by atoms with E-state index in [1.54, 1.807) is 25.2 Å². The molecule has 19 heavy (non-hydrogen) atoms. The number of likely N-dealkylation sites (N-methyl/N-ethyl adjacent to an activating group) is 1. The van der Waals surface area contributed by atoms with Crippen LogP contribution < -0.4 is 5.32 Å². The van der Waals surface area contributed by atoms with Gasteiger partial charge in [-0.2, -0.15) is 0 Å². The molecule has 1 aromatic heterocycles. The first-order valence-corrected chi connectivity index (χ1v) is 7.53. The van der Waals surface area contributed by atoms with Gasteiger partial charge in [-0.05, 0) is 31.2 Å². The zero-order valence-corrected chi connectivity index (χ0v) is 13.1. The van der Waals surface area contributed by atoms with Crippen LogP contribution in [0.3, 0.4) is 0 Å². The highest BCUT2D eigenvalue weighted by molar-refractivity contribution is 7.20. The van der Waals surface area contributed by atoms with Crippen molar-refractivity contribution in [3.05, 3.63) is 54.9 Å². The number of rotatable bonds is 4. The number of hydrogen-bond donors (Lipinski definition) is 1. The van der Waals surface area contributed by atoms with E-state index in [0.29, 0.717) is 20.7 Å². The molecule has 1 aromatic carbocycles. The smallest absolute Gasteiger partial charge is 0.145 e. The Labute approximate surface area is 130 Å². The van der Waals surface area contributed by atoms with Crippen molar-refractivity contribution < 1.29 is 4.39 Å². The van der Waals surface area contributed by atoms with Gasteiger partial charge < -0.3 is 5.32 Å². The molecule has 0 spiro atoms. The van der Waals surface area contributed by atoms with Gasteiger partial charge in [0.25, 0.3) is 0 Å². The summed E-state index contributed by atoms with van der Waals surface area (Å²) in [5.41, 5.74) is 1.42. The van der Waals surface area contributed by atoms with Crippen molar-refractivity contribution >= 4 is 46.1 Å². The van der Waals surface area contributed by atoms with Gasteiger partial charge in [0.1, 0.15) is 5.82 Å².